The number of aliphatic imine (C=N–C) groups is 1. The first-order valence-corrected chi connectivity index (χ1v) is 10.4. The van der Waals surface area contributed by atoms with Crippen molar-refractivity contribution in [3.8, 4) is 0 Å². The van der Waals surface area contributed by atoms with Crippen LogP contribution in [0.2, 0.25) is 0 Å². The summed E-state index contributed by atoms with van der Waals surface area (Å²) in [6.07, 6.45) is 5.92. The molecule has 1 aromatic carbocycles. The largest absolute Gasteiger partial charge is 0.357 e. The van der Waals surface area contributed by atoms with E-state index < -0.39 is 0 Å². The van der Waals surface area contributed by atoms with E-state index in [0.717, 1.165) is 44.5 Å². The third-order valence-electron chi connectivity index (χ3n) is 4.53. The maximum Gasteiger partial charge on any atom is 0.193 e. The van der Waals surface area contributed by atoms with Crippen LogP contribution in [0.4, 0.5) is 0 Å². The van der Waals surface area contributed by atoms with Gasteiger partial charge >= 0.3 is 0 Å². The second-order valence-corrected chi connectivity index (χ2v) is 7.67. The van der Waals surface area contributed by atoms with Crippen LogP contribution >= 0.6 is 35.7 Å². The van der Waals surface area contributed by atoms with Crippen molar-refractivity contribution in [1.82, 2.24) is 15.2 Å². The van der Waals surface area contributed by atoms with Gasteiger partial charge in [-0.25, -0.2) is 0 Å². The Morgan fingerprint density at radius 3 is 2.85 bits per heavy atom. The third-order valence-corrected chi connectivity index (χ3v) is 5.78. The minimum absolute atomic E-state index is 0. The van der Waals surface area contributed by atoms with Gasteiger partial charge in [-0.15, -0.1) is 35.7 Å². The molecule has 27 heavy (non-hydrogen) atoms. The Morgan fingerprint density at radius 1 is 1.26 bits per heavy atom. The number of thioether (sulfide) groups is 1. The van der Waals surface area contributed by atoms with E-state index in [2.05, 4.69) is 58.5 Å². The van der Waals surface area contributed by atoms with Gasteiger partial charge in [0.25, 0.3) is 0 Å². The van der Waals surface area contributed by atoms with Crippen LogP contribution in [0.5, 0.6) is 0 Å². The average Bonchev–Trinajstić information content (AvgIpc) is 3.16. The van der Waals surface area contributed by atoms with Crippen molar-refractivity contribution in [3.05, 3.63) is 60.4 Å². The van der Waals surface area contributed by atoms with E-state index in [1.807, 2.05) is 30.2 Å². The van der Waals surface area contributed by atoms with Gasteiger partial charge in [-0.2, -0.15) is 0 Å². The van der Waals surface area contributed by atoms with Crippen LogP contribution < -0.4 is 5.32 Å². The average molecular weight is 496 g/mol. The lowest BCUT2D eigenvalue weighted by molar-refractivity contribution is 0.474. The molecule has 0 spiro atoms. The molecule has 0 radical (unpaired) electrons. The summed E-state index contributed by atoms with van der Waals surface area (Å²) in [5.41, 5.74) is 1.24. The van der Waals surface area contributed by atoms with Crippen LogP contribution in [0.3, 0.4) is 0 Å². The summed E-state index contributed by atoms with van der Waals surface area (Å²) < 4.78 is 0. The van der Waals surface area contributed by atoms with Crippen LogP contribution in [-0.2, 0) is 6.42 Å². The smallest absolute Gasteiger partial charge is 0.193 e. The highest BCUT2D eigenvalue weighted by molar-refractivity contribution is 14.0. The molecule has 1 unspecified atom stereocenters. The lowest BCUT2D eigenvalue weighted by Gasteiger charge is -2.21. The zero-order chi connectivity index (χ0) is 18.0. The summed E-state index contributed by atoms with van der Waals surface area (Å²) >= 11 is 1.97. The van der Waals surface area contributed by atoms with E-state index in [0.29, 0.717) is 0 Å². The molecule has 1 N–H and O–H groups in total. The van der Waals surface area contributed by atoms with Crippen molar-refractivity contribution in [2.24, 2.45) is 10.9 Å². The van der Waals surface area contributed by atoms with Gasteiger partial charge in [0.15, 0.2) is 5.96 Å². The molecule has 1 aromatic heterocycles. The number of rotatable bonds is 7. The molecule has 146 valence electrons. The van der Waals surface area contributed by atoms with Crippen molar-refractivity contribution in [2.75, 3.05) is 31.9 Å². The molecule has 2 aromatic rings. The molecule has 1 fully saturated rings. The van der Waals surface area contributed by atoms with E-state index in [1.54, 1.807) is 0 Å². The predicted octanol–water partition coefficient (Wildman–Crippen LogP) is 4.32. The zero-order valence-electron chi connectivity index (χ0n) is 15.9. The first-order valence-electron chi connectivity index (χ1n) is 9.45. The molecule has 1 saturated heterocycles. The fourth-order valence-corrected chi connectivity index (χ4v) is 4.20. The Kier molecular flexibility index (Phi) is 9.97. The Balaban J connectivity index is 0.00000261. The predicted molar refractivity (Wildman–Crippen MR) is 126 cm³/mol. The highest BCUT2D eigenvalue weighted by Crippen LogP contribution is 2.25. The maximum absolute atomic E-state index is 4.84. The SMILES string of the molecule is CCNC(=NCCc1cccnc1)N1CCC(CSc2ccccc2)C1.I. The number of hydrogen-bond acceptors (Lipinski definition) is 3. The lowest BCUT2D eigenvalue weighted by atomic mass is 10.2. The molecule has 3 rings (SSSR count). The van der Waals surface area contributed by atoms with Gasteiger partial charge in [-0.1, -0.05) is 24.3 Å². The summed E-state index contributed by atoms with van der Waals surface area (Å²) in [4.78, 5) is 12.8. The molecule has 1 aliphatic heterocycles. The van der Waals surface area contributed by atoms with Gasteiger partial charge in [0.1, 0.15) is 0 Å². The monoisotopic (exact) mass is 496 g/mol. The molecule has 4 nitrogen and oxygen atoms in total. The fraction of sp³-hybridized carbons (Fsp3) is 0.429. The van der Waals surface area contributed by atoms with Gasteiger partial charge in [0.2, 0.25) is 0 Å². The van der Waals surface area contributed by atoms with Gasteiger partial charge in [-0.3, -0.25) is 9.98 Å². The zero-order valence-corrected chi connectivity index (χ0v) is 19.0. The van der Waals surface area contributed by atoms with E-state index in [4.69, 9.17) is 4.99 Å². The molecular formula is C21H29IN4S. The summed E-state index contributed by atoms with van der Waals surface area (Å²) in [5, 5.41) is 3.46. The number of nitrogens with one attached hydrogen (secondary N) is 1. The molecule has 2 heterocycles. The molecule has 0 saturated carbocycles. The number of benzene rings is 1. The molecular weight excluding hydrogens is 467 g/mol. The van der Waals surface area contributed by atoms with Gasteiger partial charge in [0.05, 0.1) is 0 Å². The van der Waals surface area contributed by atoms with E-state index in [1.165, 1.54) is 22.6 Å². The summed E-state index contributed by atoms with van der Waals surface area (Å²) in [6, 6.07) is 14.8. The van der Waals surface area contributed by atoms with Crippen molar-refractivity contribution in [3.63, 3.8) is 0 Å². The third kappa shape index (κ3) is 7.33. The topological polar surface area (TPSA) is 40.5 Å². The molecule has 0 amide bonds. The number of pyridine rings is 1. The van der Waals surface area contributed by atoms with Crippen molar-refractivity contribution >= 4 is 41.7 Å². The van der Waals surface area contributed by atoms with E-state index in [-0.39, 0.29) is 24.0 Å². The first kappa shape index (κ1) is 22.0. The Labute approximate surface area is 184 Å². The summed E-state index contributed by atoms with van der Waals surface area (Å²) in [5.74, 6) is 2.96. The number of aromatic nitrogens is 1. The second-order valence-electron chi connectivity index (χ2n) is 6.57. The Hall–Kier alpha value is -1.28. The molecule has 0 bridgehead atoms. The van der Waals surface area contributed by atoms with E-state index >= 15 is 0 Å². The second kappa shape index (κ2) is 12.2. The highest BCUT2D eigenvalue weighted by atomic mass is 127. The number of halogens is 1. The van der Waals surface area contributed by atoms with Gasteiger partial charge < -0.3 is 10.2 Å². The van der Waals surface area contributed by atoms with Crippen LogP contribution in [-0.4, -0.2) is 47.8 Å². The first-order chi connectivity index (χ1) is 12.8. The highest BCUT2D eigenvalue weighted by Gasteiger charge is 2.24. The number of nitrogens with zero attached hydrogens (tertiary/aromatic N) is 3. The molecule has 1 atom stereocenters. The quantitative estimate of drug-likeness (QED) is 0.268. The van der Waals surface area contributed by atoms with Crippen LogP contribution in [0.1, 0.15) is 18.9 Å². The Bertz CT molecular complexity index is 681. The summed E-state index contributed by atoms with van der Waals surface area (Å²) in [6.45, 7) is 6.03. The maximum atomic E-state index is 4.84. The number of likely N-dealkylation sites (tertiary alicyclic amines) is 1. The normalized spacial score (nSPS) is 16.9. The molecule has 0 aliphatic carbocycles. The van der Waals surface area contributed by atoms with Crippen LogP contribution in [0.15, 0.2) is 64.7 Å². The van der Waals surface area contributed by atoms with Crippen molar-refractivity contribution in [1.29, 1.82) is 0 Å². The lowest BCUT2D eigenvalue weighted by Crippen LogP contribution is -2.40. The van der Waals surface area contributed by atoms with Crippen molar-refractivity contribution in [2.45, 2.75) is 24.7 Å². The standard InChI is InChI=1S/C21H28N4S.HI/c1-2-23-21(24-13-10-18-7-6-12-22-15-18)25-14-11-19(16-25)17-26-20-8-4-3-5-9-20;/h3-9,12,15,19H,2,10-11,13-14,16-17H2,1H3,(H,23,24);1H. The Morgan fingerprint density at radius 2 is 2.11 bits per heavy atom. The number of hydrogen-bond donors (Lipinski definition) is 1. The van der Waals surface area contributed by atoms with Crippen molar-refractivity contribution < 1.29 is 0 Å². The van der Waals surface area contributed by atoms with Gasteiger partial charge in [-0.05, 0) is 49.4 Å². The molecule has 6 heteroatoms. The number of guanidine groups is 1. The molecule has 1 aliphatic rings. The minimum Gasteiger partial charge on any atom is -0.357 e. The van der Waals surface area contributed by atoms with Crippen LogP contribution in [0.25, 0.3) is 0 Å². The minimum atomic E-state index is 0. The fourth-order valence-electron chi connectivity index (χ4n) is 3.15. The van der Waals surface area contributed by atoms with Gasteiger partial charge in [0, 0.05) is 49.2 Å². The summed E-state index contributed by atoms with van der Waals surface area (Å²) in [7, 11) is 0. The van der Waals surface area contributed by atoms with E-state index in [9.17, 15) is 0 Å². The van der Waals surface area contributed by atoms with Crippen LogP contribution in [0, 0.1) is 5.92 Å².